The summed E-state index contributed by atoms with van der Waals surface area (Å²) >= 11 is 10.8. The Labute approximate surface area is 106 Å². The molecule has 3 N–H and O–H groups in total. The average Bonchev–Trinajstić information content (AvgIpc) is 2.53. The van der Waals surface area contributed by atoms with Crippen LogP contribution in [0.25, 0.3) is 11.0 Å². The first-order valence-electron chi connectivity index (χ1n) is 4.80. The van der Waals surface area contributed by atoms with Crippen molar-refractivity contribution in [2.45, 2.75) is 13.0 Å². The van der Waals surface area contributed by atoms with Crippen LogP contribution in [0.4, 0.5) is 4.39 Å². The molecule has 1 unspecified atom stereocenters. The highest BCUT2D eigenvalue weighted by Gasteiger charge is 2.17. The zero-order valence-electron chi connectivity index (χ0n) is 8.83. The van der Waals surface area contributed by atoms with Gasteiger partial charge < -0.3 is 15.3 Å². The topological polar surface area (TPSA) is 63.8 Å². The maximum Gasteiger partial charge on any atom is 0.240 e. The van der Waals surface area contributed by atoms with Gasteiger partial charge in [-0.3, -0.25) is 4.79 Å². The molecule has 0 bridgehead atoms. The number of nitrogens with two attached hydrogens (primary N) is 1. The first-order valence-corrected chi connectivity index (χ1v) is 5.59. The molecule has 4 nitrogen and oxygen atoms in total. The summed E-state index contributed by atoms with van der Waals surface area (Å²) in [7, 11) is 0. The van der Waals surface area contributed by atoms with Gasteiger partial charge in [-0.05, 0) is 25.2 Å². The highest BCUT2D eigenvalue weighted by Crippen LogP contribution is 2.25. The molecule has 0 aliphatic rings. The van der Waals surface area contributed by atoms with Gasteiger partial charge >= 0.3 is 0 Å². The number of amides is 1. The van der Waals surface area contributed by atoms with E-state index >= 15 is 0 Å². The number of carbonyl (C=O) groups is 1. The first-order chi connectivity index (χ1) is 7.91. The third-order valence-corrected chi connectivity index (χ3v) is 3.15. The molecule has 1 amide bonds. The van der Waals surface area contributed by atoms with Crippen molar-refractivity contribution in [2.75, 3.05) is 0 Å². The minimum atomic E-state index is -0.627. The van der Waals surface area contributed by atoms with Crippen LogP contribution in [0, 0.1) is 10.6 Å². The van der Waals surface area contributed by atoms with Gasteiger partial charge in [0.1, 0.15) is 11.9 Å². The van der Waals surface area contributed by atoms with E-state index in [0.29, 0.717) is 15.8 Å². The van der Waals surface area contributed by atoms with Crippen LogP contribution in [0.15, 0.2) is 12.1 Å². The standard InChI is InChI=1S/C10H9ClFN3OS/c1-4(9(13)16)15-8-2-5(11)6(12)3-7(8)14-10(15)17/h2-4H,1H3,(H2,13,16)(H,14,17). The second-order valence-corrected chi connectivity index (χ2v) is 4.46. The van der Waals surface area contributed by atoms with Crippen molar-refractivity contribution in [3.8, 4) is 0 Å². The summed E-state index contributed by atoms with van der Waals surface area (Å²) in [5.74, 6) is -1.07. The van der Waals surface area contributed by atoms with Gasteiger partial charge in [0.25, 0.3) is 0 Å². The van der Waals surface area contributed by atoms with Crippen LogP contribution in [-0.2, 0) is 4.79 Å². The second kappa shape index (κ2) is 4.12. The lowest BCUT2D eigenvalue weighted by atomic mass is 10.2. The number of imidazole rings is 1. The van der Waals surface area contributed by atoms with Crippen LogP contribution >= 0.6 is 23.8 Å². The molecule has 0 saturated carbocycles. The summed E-state index contributed by atoms with van der Waals surface area (Å²) in [6.45, 7) is 1.61. The first kappa shape index (κ1) is 12.1. The molecule has 0 spiro atoms. The molecular formula is C10H9ClFN3OS. The molecule has 2 aromatic rings. The maximum absolute atomic E-state index is 13.3. The van der Waals surface area contributed by atoms with E-state index < -0.39 is 17.8 Å². The van der Waals surface area contributed by atoms with Crippen molar-refractivity contribution in [2.24, 2.45) is 5.73 Å². The molecule has 1 heterocycles. The predicted molar refractivity (Wildman–Crippen MR) is 66.0 cm³/mol. The van der Waals surface area contributed by atoms with Crippen LogP contribution in [-0.4, -0.2) is 15.5 Å². The quantitative estimate of drug-likeness (QED) is 0.826. The van der Waals surface area contributed by atoms with Gasteiger partial charge in [-0.2, -0.15) is 0 Å². The average molecular weight is 274 g/mol. The molecule has 2 rings (SSSR count). The zero-order valence-corrected chi connectivity index (χ0v) is 10.4. The number of H-pyrrole nitrogens is 1. The van der Waals surface area contributed by atoms with E-state index in [0.717, 1.165) is 0 Å². The molecule has 17 heavy (non-hydrogen) atoms. The number of hydrogen-bond acceptors (Lipinski definition) is 2. The number of benzene rings is 1. The van der Waals surface area contributed by atoms with Crippen LogP contribution in [0.1, 0.15) is 13.0 Å². The summed E-state index contributed by atoms with van der Waals surface area (Å²) in [5.41, 5.74) is 6.25. The van der Waals surface area contributed by atoms with Gasteiger partial charge in [0.2, 0.25) is 5.91 Å². The Balaban J connectivity index is 2.80. The van der Waals surface area contributed by atoms with E-state index in [1.807, 2.05) is 0 Å². The molecule has 1 aromatic heterocycles. The number of aromatic nitrogens is 2. The van der Waals surface area contributed by atoms with E-state index in [2.05, 4.69) is 4.98 Å². The Hall–Kier alpha value is -1.40. The summed E-state index contributed by atoms with van der Waals surface area (Å²) in [4.78, 5) is 14.0. The van der Waals surface area contributed by atoms with Crippen LogP contribution in [0.2, 0.25) is 5.02 Å². The normalized spacial score (nSPS) is 12.9. The summed E-state index contributed by atoms with van der Waals surface area (Å²) in [6.07, 6.45) is 0. The Bertz CT molecular complexity index is 663. The van der Waals surface area contributed by atoms with Gasteiger partial charge in [0.05, 0.1) is 16.1 Å². The Morgan fingerprint density at radius 2 is 2.29 bits per heavy atom. The fourth-order valence-electron chi connectivity index (χ4n) is 1.63. The third-order valence-electron chi connectivity index (χ3n) is 2.56. The lowest BCUT2D eigenvalue weighted by Gasteiger charge is -2.10. The fourth-order valence-corrected chi connectivity index (χ4v) is 2.16. The van der Waals surface area contributed by atoms with E-state index in [-0.39, 0.29) is 5.02 Å². The van der Waals surface area contributed by atoms with Crippen molar-refractivity contribution in [3.05, 3.63) is 27.7 Å². The maximum atomic E-state index is 13.3. The molecule has 1 aromatic carbocycles. The SMILES string of the molecule is CC(C(N)=O)n1c(=S)[nH]c2cc(F)c(Cl)cc21. The number of hydrogen-bond donors (Lipinski definition) is 2. The van der Waals surface area contributed by atoms with E-state index in [9.17, 15) is 9.18 Å². The van der Waals surface area contributed by atoms with Crippen LogP contribution in [0.5, 0.6) is 0 Å². The molecule has 0 saturated heterocycles. The van der Waals surface area contributed by atoms with E-state index in [1.54, 1.807) is 6.92 Å². The number of carbonyl (C=O) groups excluding carboxylic acids is 1. The third kappa shape index (κ3) is 1.94. The number of primary amides is 1. The molecule has 0 fully saturated rings. The Kier molecular flexibility index (Phi) is 2.92. The second-order valence-electron chi connectivity index (χ2n) is 3.66. The number of rotatable bonds is 2. The van der Waals surface area contributed by atoms with Crippen molar-refractivity contribution in [3.63, 3.8) is 0 Å². The number of nitrogens with zero attached hydrogens (tertiary/aromatic N) is 1. The summed E-state index contributed by atoms with van der Waals surface area (Å²) in [6, 6.07) is 2.02. The monoisotopic (exact) mass is 273 g/mol. The lowest BCUT2D eigenvalue weighted by molar-refractivity contribution is -0.120. The highest BCUT2D eigenvalue weighted by atomic mass is 35.5. The summed E-state index contributed by atoms with van der Waals surface area (Å²) < 4.78 is 15.1. The Morgan fingerprint density at radius 1 is 1.65 bits per heavy atom. The largest absolute Gasteiger partial charge is 0.368 e. The van der Waals surface area contributed by atoms with Crippen molar-refractivity contribution in [1.29, 1.82) is 0 Å². The molecule has 1 atom stereocenters. The fraction of sp³-hybridized carbons (Fsp3) is 0.200. The minimum Gasteiger partial charge on any atom is -0.368 e. The summed E-state index contributed by atoms with van der Waals surface area (Å²) in [5, 5.41) is -0.0306. The number of fused-ring (bicyclic) bond motifs is 1. The van der Waals surface area contributed by atoms with Crippen molar-refractivity contribution < 1.29 is 9.18 Å². The zero-order chi connectivity index (χ0) is 12.7. The predicted octanol–water partition coefficient (Wildman–Crippen LogP) is 2.54. The number of nitrogens with one attached hydrogen (secondary N) is 1. The van der Waals surface area contributed by atoms with E-state index in [4.69, 9.17) is 29.6 Å². The van der Waals surface area contributed by atoms with Crippen molar-refractivity contribution in [1.82, 2.24) is 9.55 Å². The number of halogens is 2. The van der Waals surface area contributed by atoms with Crippen LogP contribution < -0.4 is 5.73 Å². The molecule has 7 heteroatoms. The van der Waals surface area contributed by atoms with Gasteiger partial charge in [-0.25, -0.2) is 4.39 Å². The van der Waals surface area contributed by atoms with E-state index in [1.165, 1.54) is 16.7 Å². The number of aromatic amines is 1. The highest BCUT2D eigenvalue weighted by molar-refractivity contribution is 7.71. The smallest absolute Gasteiger partial charge is 0.240 e. The molecule has 0 radical (unpaired) electrons. The van der Waals surface area contributed by atoms with Gasteiger partial charge in [0.15, 0.2) is 4.77 Å². The van der Waals surface area contributed by atoms with Crippen LogP contribution in [0.3, 0.4) is 0 Å². The molecule has 0 aliphatic heterocycles. The van der Waals surface area contributed by atoms with Gasteiger partial charge in [0, 0.05) is 6.07 Å². The molecule has 90 valence electrons. The molecular weight excluding hydrogens is 265 g/mol. The van der Waals surface area contributed by atoms with Gasteiger partial charge in [-0.1, -0.05) is 11.6 Å². The lowest BCUT2D eigenvalue weighted by Crippen LogP contribution is -2.23. The van der Waals surface area contributed by atoms with Gasteiger partial charge in [-0.15, -0.1) is 0 Å². The molecule has 0 aliphatic carbocycles. The minimum absolute atomic E-state index is 0.0306. The van der Waals surface area contributed by atoms with Crippen molar-refractivity contribution >= 4 is 40.8 Å². The Morgan fingerprint density at radius 3 is 2.88 bits per heavy atom.